The normalized spacial score (nSPS) is 23.8. The van der Waals surface area contributed by atoms with Crippen LogP contribution in [0.4, 0.5) is 0 Å². The lowest BCUT2D eigenvalue weighted by atomic mass is 9.88. The Bertz CT molecular complexity index is 304. The minimum Gasteiger partial charge on any atom is -0.392 e. The summed E-state index contributed by atoms with van der Waals surface area (Å²) in [6, 6.07) is 0.519. The Morgan fingerprint density at radius 2 is 2.00 bits per heavy atom. The average molecular weight is 297 g/mol. The molecule has 3 atom stereocenters. The van der Waals surface area contributed by atoms with Gasteiger partial charge in [0, 0.05) is 6.04 Å². The van der Waals surface area contributed by atoms with Crippen LogP contribution < -0.4 is 0 Å². The molecule has 2 unspecified atom stereocenters. The van der Waals surface area contributed by atoms with Crippen LogP contribution in [0.15, 0.2) is 12.2 Å². The van der Waals surface area contributed by atoms with Gasteiger partial charge in [-0.25, -0.2) is 0 Å². The maximum Gasteiger partial charge on any atom is 0.0833 e. The Labute approximate surface area is 131 Å². The van der Waals surface area contributed by atoms with E-state index in [1.807, 2.05) is 0 Å². The van der Waals surface area contributed by atoms with Gasteiger partial charge in [0.15, 0.2) is 0 Å². The van der Waals surface area contributed by atoms with Crippen molar-refractivity contribution in [2.45, 2.75) is 65.5 Å². The summed E-state index contributed by atoms with van der Waals surface area (Å²) in [7, 11) is 0. The van der Waals surface area contributed by atoms with Crippen LogP contribution in [0, 0.1) is 11.8 Å². The SMILES string of the molecule is C=C(CO)C(OCC1CCCCCN1CC)[C@@H](C)C(C)C. The van der Waals surface area contributed by atoms with Crippen molar-refractivity contribution in [3.8, 4) is 0 Å². The summed E-state index contributed by atoms with van der Waals surface area (Å²) in [5.41, 5.74) is 0.813. The van der Waals surface area contributed by atoms with Crippen molar-refractivity contribution < 1.29 is 9.84 Å². The van der Waals surface area contributed by atoms with E-state index in [2.05, 4.69) is 39.2 Å². The van der Waals surface area contributed by atoms with E-state index in [-0.39, 0.29) is 12.7 Å². The van der Waals surface area contributed by atoms with Gasteiger partial charge in [-0.15, -0.1) is 0 Å². The second-order valence-corrected chi connectivity index (χ2v) is 6.81. The second-order valence-electron chi connectivity index (χ2n) is 6.81. The summed E-state index contributed by atoms with van der Waals surface area (Å²) in [4.78, 5) is 2.55. The highest BCUT2D eigenvalue weighted by Gasteiger charge is 2.26. The maximum atomic E-state index is 9.43. The number of likely N-dealkylation sites (N-methyl/N-ethyl adjacent to an activating group) is 1. The molecule has 1 aliphatic heterocycles. The van der Waals surface area contributed by atoms with Crippen molar-refractivity contribution in [3.63, 3.8) is 0 Å². The predicted molar refractivity (Wildman–Crippen MR) is 89.5 cm³/mol. The van der Waals surface area contributed by atoms with Crippen molar-refractivity contribution in [2.24, 2.45) is 11.8 Å². The van der Waals surface area contributed by atoms with Gasteiger partial charge in [-0.3, -0.25) is 4.90 Å². The number of aliphatic hydroxyl groups excluding tert-OH is 1. The van der Waals surface area contributed by atoms with E-state index in [0.717, 1.165) is 18.7 Å². The summed E-state index contributed by atoms with van der Waals surface area (Å²) in [5.74, 6) is 0.903. The Balaban J connectivity index is 2.63. The van der Waals surface area contributed by atoms with Crippen LogP contribution in [0.2, 0.25) is 0 Å². The first kappa shape index (κ1) is 18.7. The first-order valence-electron chi connectivity index (χ1n) is 8.65. The first-order valence-corrected chi connectivity index (χ1v) is 8.65. The van der Waals surface area contributed by atoms with Crippen molar-refractivity contribution in [1.82, 2.24) is 4.90 Å². The fourth-order valence-electron chi connectivity index (χ4n) is 3.14. The molecule has 3 nitrogen and oxygen atoms in total. The van der Waals surface area contributed by atoms with Gasteiger partial charge in [0.25, 0.3) is 0 Å². The number of ether oxygens (including phenoxy) is 1. The standard InChI is InChI=1S/C18H35NO2/c1-6-19-11-9-7-8-10-17(19)13-21-18(15(4)12-20)16(5)14(2)3/h14,16-18,20H,4,6-13H2,1-3,5H3/t16-,17?,18?/m0/s1. The smallest absolute Gasteiger partial charge is 0.0833 e. The summed E-state index contributed by atoms with van der Waals surface area (Å²) in [5, 5.41) is 9.43. The quantitative estimate of drug-likeness (QED) is 0.696. The average Bonchev–Trinajstić information content (AvgIpc) is 2.71. The molecule has 1 fully saturated rings. The van der Waals surface area contributed by atoms with E-state index >= 15 is 0 Å². The summed E-state index contributed by atoms with van der Waals surface area (Å²) in [6.45, 7) is 15.9. The van der Waals surface area contributed by atoms with Gasteiger partial charge in [-0.05, 0) is 43.3 Å². The summed E-state index contributed by atoms with van der Waals surface area (Å²) >= 11 is 0. The highest BCUT2D eigenvalue weighted by Crippen LogP contribution is 2.24. The van der Waals surface area contributed by atoms with E-state index in [0.29, 0.717) is 17.9 Å². The number of hydrogen-bond acceptors (Lipinski definition) is 3. The third-order valence-corrected chi connectivity index (χ3v) is 5.01. The van der Waals surface area contributed by atoms with E-state index in [1.165, 1.54) is 32.2 Å². The molecule has 0 aromatic rings. The molecule has 0 saturated carbocycles. The molecule has 0 aromatic carbocycles. The van der Waals surface area contributed by atoms with Gasteiger partial charge in [0.05, 0.1) is 19.3 Å². The van der Waals surface area contributed by atoms with Crippen LogP contribution in [0.5, 0.6) is 0 Å². The van der Waals surface area contributed by atoms with Crippen LogP contribution in [-0.2, 0) is 4.74 Å². The Hall–Kier alpha value is -0.380. The molecular weight excluding hydrogens is 262 g/mol. The Morgan fingerprint density at radius 3 is 2.57 bits per heavy atom. The van der Waals surface area contributed by atoms with E-state index < -0.39 is 0 Å². The molecular formula is C18H35NO2. The van der Waals surface area contributed by atoms with Crippen LogP contribution in [0.3, 0.4) is 0 Å². The van der Waals surface area contributed by atoms with E-state index in [4.69, 9.17) is 4.74 Å². The van der Waals surface area contributed by atoms with Gasteiger partial charge in [-0.1, -0.05) is 47.1 Å². The lowest BCUT2D eigenvalue weighted by Crippen LogP contribution is -2.40. The van der Waals surface area contributed by atoms with Crippen LogP contribution in [0.1, 0.15) is 53.4 Å². The van der Waals surface area contributed by atoms with Crippen LogP contribution in [-0.4, -0.2) is 48.5 Å². The zero-order valence-electron chi connectivity index (χ0n) is 14.5. The number of rotatable bonds is 8. The molecule has 1 heterocycles. The monoisotopic (exact) mass is 297 g/mol. The van der Waals surface area contributed by atoms with E-state index in [9.17, 15) is 5.11 Å². The largest absolute Gasteiger partial charge is 0.392 e. The molecule has 1 rings (SSSR count). The molecule has 0 aliphatic carbocycles. The van der Waals surface area contributed by atoms with Crippen molar-refractivity contribution in [2.75, 3.05) is 26.3 Å². The number of aliphatic hydroxyl groups is 1. The summed E-state index contributed by atoms with van der Waals surface area (Å²) in [6.07, 6.45) is 5.14. The lowest BCUT2D eigenvalue weighted by Gasteiger charge is -2.33. The van der Waals surface area contributed by atoms with Gasteiger partial charge in [0.1, 0.15) is 0 Å². The van der Waals surface area contributed by atoms with Gasteiger partial charge < -0.3 is 9.84 Å². The minimum absolute atomic E-state index is 0.0177. The molecule has 1 aliphatic rings. The number of hydrogen-bond donors (Lipinski definition) is 1. The molecule has 21 heavy (non-hydrogen) atoms. The molecule has 3 heteroatoms. The van der Waals surface area contributed by atoms with Crippen molar-refractivity contribution in [3.05, 3.63) is 12.2 Å². The topological polar surface area (TPSA) is 32.7 Å². The maximum absolute atomic E-state index is 9.43. The Kier molecular flexibility index (Phi) is 8.53. The van der Waals surface area contributed by atoms with Crippen molar-refractivity contribution in [1.29, 1.82) is 0 Å². The molecule has 124 valence electrons. The third kappa shape index (κ3) is 5.72. The lowest BCUT2D eigenvalue weighted by molar-refractivity contribution is -0.0114. The molecule has 0 aromatic heterocycles. The fraction of sp³-hybridized carbons (Fsp3) is 0.889. The summed E-state index contributed by atoms with van der Waals surface area (Å²) < 4.78 is 6.24. The predicted octanol–water partition coefficient (Wildman–Crippen LogP) is 3.48. The molecule has 1 saturated heterocycles. The minimum atomic E-state index is -0.0306. The highest BCUT2D eigenvalue weighted by molar-refractivity contribution is 5.05. The van der Waals surface area contributed by atoms with Crippen LogP contribution in [0.25, 0.3) is 0 Å². The molecule has 0 radical (unpaired) electrons. The van der Waals surface area contributed by atoms with Gasteiger partial charge >= 0.3 is 0 Å². The molecule has 1 N–H and O–H groups in total. The number of likely N-dealkylation sites (tertiary alicyclic amines) is 1. The zero-order valence-corrected chi connectivity index (χ0v) is 14.5. The zero-order chi connectivity index (χ0) is 15.8. The third-order valence-electron chi connectivity index (χ3n) is 5.01. The second kappa shape index (κ2) is 9.60. The van der Waals surface area contributed by atoms with Crippen molar-refractivity contribution >= 4 is 0 Å². The fourth-order valence-corrected chi connectivity index (χ4v) is 3.14. The van der Waals surface area contributed by atoms with Gasteiger partial charge in [0.2, 0.25) is 0 Å². The van der Waals surface area contributed by atoms with Gasteiger partial charge in [-0.2, -0.15) is 0 Å². The molecule has 0 spiro atoms. The van der Waals surface area contributed by atoms with E-state index in [1.54, 1.807) is 0 Å². The molecule has 0 bridgehead atoms. The van der Waals surface area contributed by atoms with Crippen LogP contribution >= 0.6 is 0 Å². The Morgan fingerprint density at radius 1 is 1.29 bits per heavy atom. The highest BCUT2D eigenvalue weighted by atomic mass is 16.5. The first-order chi connectivity index (χ1) is 10.0. The number of nitrogens with zero attached hydrogens (tertiary/aromatic N) is 1. The molecule has 0 amide bonds.